The summed E-state index contributed by atoms with van der Waals surface area (Å²) in [7, 11) is 1.34. The Morgan fingerprint density at radius 2 is 1.69 bits per heavy atom. The van der Waals surface area contributed by atoms with Gasteiger partial charge in [-0.15, -0.1) is 0 Å². The van der Waals surface area contributed by atoms with Crippen molar-refractivity contribution in [3.8, 4) is 0 Å². The van der Waals surface area contributed by atoms with Crippen LogP contribution in [0, 0.1) is 0 Å². The van der Waals surface area contributed by atoms with E-state index in [9.17, 15) is 14.4 Å². The Balaban J connectivity index is 1.82. The van der Waals surface area contributed by atoms with Gasteiger partial charge in [-0.25, -0.2) is 14.4 Å². The number of likely N-dealkylation sites (tertiary alicyclic amines) is 1. The molecule has 0 radical (unpaired) electrons. The molecule has 0 aliphatic carbocycles. The summed E-state index contributed by atoms with van der Waals surface area (Å²) in [5.41, 5.74) is 1.58. The first-order valence-electron chi connectivity index (χ1n) is 12.3. The van der Waals surface area contributed by atoms with Gasteiger partial charge < -0.3 is 24.0 Å². The highest BCUT2D eigenvalue weighted by molar-refractivity contribution is 5.89. The molecular weight excluding hydrogens is 460 g/mol. The lowest BCUT2D eigenvalue weighted by Crippen LogP contribution is -2.51. The second-order valence-corrected chi connectivity index (χ2v) is 9.81. The van der Waals surface area contributed by atoms with Gasteiger partial charge in [0, 0.05) is 19.1 Å². The number of benzene rings is 2. The molecule has 2 unspecified atom stereocenters. The fraction of sp³-hybridized carbons (Fsp3) is 0.464. The van der Waals surface area contributed by atoms with Crippen molar-refractivity contribution in [3.63, 3.8) is 0 Å². The third-order valence-electron chi connectivity index (χ3n) is 6.14. The molecule has 2 amide bonds. The number of esters is 1. The molecule has 1 aliphatic heterocycles. The second kappa shape index (κ2) is 11.9. The summed E-state index contributed by atoms with van der Waals surface area (Å²) in [6, 6.07) is 16.1. The van der Waals surface area contributed by atoms with Crippen LogP contribution in [0.1, 0.15) is 68.1 Å². The molecule has 8 nitrogen and oxygen atoms in total. The summed E-state index contributed by atoms with van der Waals surface area (Å²) in [6.45, 7) is 8.53. The third kappa shape index (κ3) is 6.99. The number of ether oxygens (including phenoxy) is 3. The summed E-state index contributed by atoms with van der Waals surface area (Å²) in [4.78, 5) is 41.4. The highest BCUT2D eigenvalue weighted by atomic mass is 16.6. The first-order chi connectivity index (χ1) is 17.1. The summed E-state index contributed by atoms with van der Waals surface area (Å²) in [5, 5.41) is 0. The van der Waals surface area contributed by atoms with Gasteiger partial charge in [0.25, 0.3) is 0 Å². The van der Waals surface area contributed by atoms with Crippen LogP contribution in [0.2, 0.25) is 0 Å². The number of rotatable bonds is 6. The van der Waals surface area contributed by atoms with Crippen LogP contribution >= 0.6 is 0 Å². The van der Waals surface area contributed by atoms with E-state index in [0.29, 0.717) is 31.5 Å². The van der Waals surface area contributed by atoms with Crippen molar-refractivity contribution in [3.05, 3.63) is 71.3 Å². The molecule has 0 spiro atoms. The molecule has 2 atom stereocenters. The van der Waals surface area contributed by atoms with Gasteiger partial charge in [-0.1, -0.05) is 42.5 Å². The Kier molecular flexibility index (Phi) is 8.96. The molecule has 0 aromatic heterocycles. The molecule has 0 saturated carbocycles. The van der Waals surface area contributed by atoms with Crippen LogP contribution in [0.4, 0.5) is 9.59 Å². The van der Waals surface area contributed by atoms with Crippen molar-refractivity contribution in [2.75, 3.05) is 20.2 Å². The standard InChI is InChI=1S/C28H36N2O6/c1-6-29(27(33)36-28(2,3)4)23-16-17-30(26(32)35-19-20-10-8-7-9-11-20)24(18-23)21-12-14-22(15-13-21)25(31)34-5/h7-15,23-24H,6,16-19H2,1-5H3. The predicted octanol–water partition coefficient (Wildman–Crippen LogP) is 5.57. The minimum absolute atomic E-state index is 0.117. The maximum absolute atomic E-state index is 13.2. The van der Waals surface area contributed by atoms with E-state index in [1.54, 1.807) is 21.9 Å². The van der Waals surface area contributed by atoms with Gasteiger partial charge in [-0.2, -0.15) is 0 Å². The monoisotopic (exact) mass is 496 g/mol. The molecule has 0 N–H and O–H groups in total. The van der Waals surface area contributed by atoms with Crippen LogP contribution in [-0.4, -0.2) is 59.8 Å². The fourth-order valence-electron chi connectivity index (χ4n) is 4.38. The molecule has 3 rings (SSSR count). The molecule has 8 heteroatoms. The van der Waals surface area contributed by atoms with Crippen LogP contribution in [-0.2, 0) is 20.8 Å². The third-order valence-corrected chi connectivity index (χ3v) is 6.14. The van der Waals surface area contributed by atoms with E-state index in [1.165, 1.54) is 7.11 Å². The van der Waals surface area contributed by atoms with Crippen LogP contribution in [0.25, 0.3) is 0 Å². The molecule has 1 heterocycles. The highest BCUT2D eigenvalue weighted by Gasteiger charge is 2.38. The number of nitrogens with zero attached hydrogens (tertiary/aromatic N) is 2. The maximum atomic E-state index is 13.2. The van der Waals surface area contributed by atoms with Gasteiger partial charge in [0.05, 0.1) is 18.7 Å². The van der Waals surface area contributed by atoms with E-state index in [4.69, 9.17) is 14.2 Å². The summed E-state index contributed by atoms with van der Waals surface area (Å²) in [6.07, 6.45) is 0.338. The maximum Gasteiger partial charge on any atom is 0.410 e. The van der Waals surface area contributed by atoms with Crippen LogP contribution in [0.5, 0.6) is 0 Å². The Morgan fingerprint density at radius 3 is 2.28 bits per heavy atom. The quantitative estimate of drug-likeness (QED) is 0.384. The lowest BCUT2D eigenvalue weighted by atomic mass is 9.90. The molecule has 1 fully saturated rings. The lowest BCUT2D eigenvalue weighted by molar-refractivity contribution is 0.00182. The summed E-state index contributed by atoms with van der Waals surface area (Å²) < 4.78 is 16.1. The molecule has 1 saturated heterocycles. The number of hydrogen-bond donors (Lipinski definition) is 0. The van der Waals surface area contributed by atoms with Crippen molar-refractivity contribution in [2.45, 2.75) is 64.8 Å². The van der Waals surface area contributed by atoms with E-state index < -0.39 is 17.7 Å². The smallest absolute Gasteiger partial charge is 0.410 e. The predicted molar refractivity (Wildman–Crippen MR) is 135 cm³/mol. The van der Waals surface area contributed by atoms with E-state index in [0.717, 1.165) is 11.1 Å². The summed E-state index contributed by atoms with van der Waals surface area (Å²) >= 11 is 0. The van der Waals surface area contributed by atoms with E-state index >= 15 is 0 Å². The zero-order valence-corrected chi connectivity index (χ0v) is 21.7. The average Bonchev–Trinajstić information content (AvgIpc) is 2.87. The lowest BCUT2D eigenvalue weighted by Gasteiger charge is -2.43. The number of carbonyl (C=O) groups is 3. The molecule has 0 bridgehead atoms. The minimum atomic E-state index is -0.602. The molecule has 36 heavy (non-hydrogen) atoms. The zero-order valence-electron chi connectivity index (χ0n) is 21.7. The van der Waals surface area contributed by atoms with Gasteiger partial charge in [-0.3, -0.25) is 0 Å². The molecule has 1 aliphatic rings. The van der Waals surface area contributed by atoms with Crippen molar-refractivity contribution < 1.29 is 28.6 Å². The van der Waals surface area contributed by atoms with Crippen molar-refractivity contribution in [1.82, 2.24) is 9.80 Å². The SMILES string of the molecule is CCN(C(=O)OC(C)(C)C)C1CCN(C(=O)OCc2ccccc2)C(c2ccc(C(=O)OC)cc2)C1. The van der Waals surface area contributed by atoms with Gasteiger partial charge in [0.2, 0.25) is 0 Å². The van der Waals surface area contributed by atoms with Crippen LogP contribution in [0.3, 0.4) is 0 Å². The van der Waals surface area contributed by atoms with Gasteiger partial charge in [0.1, 0.15) is 12.2 Å². The van der Waals surface area contributed by atoms with Crippen molar-refractivity contribution in [2.24, 2.45) is 0 Å². The first-order valence-corrected chi connectivity index (χ1v) is 12.3. The fourth-order valence-corrected chi connectivity index (χ4v) is 4.38. The number of methoxy groups -OCH3 is 1. The largest absolute Gasteiger partial charge is 0.465 e. The zero-order chi connectivity index (χ0) is 26.3. The Labute approximate surface area is 213 Å². The van der Waals surface area contributed by atoms with Gasteiger partial charge in [0.15, 0.2) is 0 Å². The van der Waals surface area contributed by atoms with Crippen LogP contribution < -0.4 is 0 Å². The number of piperidine rings is 1. The minimum Gasteiger partial charge on any atom is -0.465 e. The molecule has 2 aromatic rings. The average molecular weight is 497 g/mol. The van der Waals surface area contributed by atoms with Crippen molar-refractivity contribution >= 4 is 18.2 Å². The molecule has 2 aromatic carbocycles. The summed E-state index contributed by atoms with van der Waals surface area (Å²) in [5.74, 6) is -0.427. The second-order valence-electron chi connectivity index (χ2n) is 9.81. The van der Waals surface area contributed by atoms with Gasteiger partial charge >= 0.3 is 18.2 Å². The number of carbonyl (C=O) groups excluding carboxylic acids is 3. The van der Waals surface area contributed by atoms with Crippen molar-refractivity contribution in [1.29, 1.82) is 0 Å². The van der Waals surface area contributed by atoms with E-state index in [-0.39, 0.29) is 24.8 Å². The molecular formula is C28H36N2O6. The normalized spacial score (nSPS) is 17.8. The van der Waals surface area contributed by atoms with E-state index in [1.807, 2.05) is 70.2 Å². The van der Waals surface area contributed by atoms with E-state index in [2.05, 4.69) is 0 Å². The Hall–Kier alpha value is -3.55. The number of amides is 2. The van der Waals surface area contributed by atoms with Gasteiger partial charge in [-0.05, 0) is 63.8 Å². The Bertz CT molecular complexity index is 1030. The number of hydrogen-bond acceptors (Lipinski definition) is 6. The topological polar surface area (TPSA) is 85.4 Å². The van der Waals surface area contributed by atoms with Crippen LogP contribution in [0.15, 0.2) is 54.6 Å². The Morgan fingerprint density at radius 1 is 1.03 bits per heavy atom. The first kappa shape index (κ1) is 27.0. The highest BCUT2D eigenvalue weighted by Crippen LogP contribution is 2.34. The molecule has 194 valence electrons.